The van der Waals surface area contributed by atoms with Gasteiger partial charge in [0.05, 0.1) is 24.1 Å². The predicted octanol–water partition coefficient (Wildman–Crippen LogP) is 2.08. The van der Waals surface area contributed by atoms with Gasteiger partial charge in [-0.05, 0) is 17.7 Å². The van der Waals surface area contributed by atoms with Crippen LogP contribution >= 0.6 is 11.8 Å². The van der Waals surface area contributed by atoms with Crippen LogP contribution in [0.5, 0.6) is 0 Å². The summed E-state index contributed by atoms with van der Waals surface area (Å²) in [4.78, 5) is 26.8. The number of fused-ring (bicyclic) bond motifs is 2. The van der Waals surface area contributed by atoms with E-state index in [1.54, 1.807) is 11.8 Å². The van der Waals surface area contributed by atoms with Crippen molar-refractivity contribution in [1.82, 2.24) is 29.9 Å². The number of alkyl halides is 3. The van der Waals surface area contributed by atoms with Crippen molar-refractivity contribution in [2.24, 2.45) is 15.9 Å². The van der Waals surface area contributed by atoms with Crippen LogP contribution in [0.15, 0.2) is 21.0 Å². The molecular weight excluding hydrogens is 457 g/mol. The zero-order valence-electron chi connectivity index (χ0n) is 18.2. The monoisotopic (exact) mass is 482 g/mol. The fourth-order valence-electron chi connectivity index (χ4n) is 4.51. The zero-order valence-corrected chi connectivity index (χ0v) is 19.0. The number of thioether (sulfide) groups is 1. The average molecular weight is 483 g/mol. The van der Waals surface area contributed by atoms with Crippen molar-refractivity contribution in [3.63, 3.8) is 0 Å². The number of rotatable bonds is 4. The predicted molar refractivity (Wildman–Crippen MR) is 117 cm³/mol. The molecule has 0 aliphatic carbocycles. The summed E-state index contributed by atoms with van der Waals surface area (Å²) in [5.74, 6) is -0.283. The fourth-order valence-corrected chi connectivity index (χ4v) is 5.70. The van der Waals surface area contributed by atoms with Crippen molar-refractivity contribution in [3.05, 3.63) is 22.6 Å². The van der Waals surface area contributed by atoms with E-state index in [1.807, 2.05) is 9.80 Å². The van der Waals surface area contributed by atoms with Gasteiger partial charge in [0.1, 0.15) is 12.0 Å². The Morgan fingerprint density at radius 3 is 2.82 bits per heavy atom. The van der Waals surface area contributed by atoms with Crippen LogP contribution in [-0.4, -0.2) is 73.8 Å². The Kier molecular flexibility index (Phi) is 5.93. The first-order chi connectivity index (χ1) is 15.8. The Hall–Kier alpha value is -2.41. The minimum absolute atomic E-state index is 0.0548. The van der Waals surface area contributed by atoms with Crippen LogP contribution in [-0.2, 0) is 24.1 Å². The van der Waals surface area contributed by atoms with Gasteiger partial charge in [0.2, 0.25) is 17.7 Å². The smallest absolute Gasteiger partial charge is 0.353 e. The van der Waals surface area contributed by atoms with Crippen molar-refractivity contribution in [2.45, 2.75) is 51.6 Å². The average Bonchev–Trinajstić information content (AvgIpc) is 3.40. The number of nitrogens with zero attached hydrogens (tertiary/aromatic N) is 7. The van der Waals surface area contributed by atoms with E-state index in [0.717, 1.165) is 28.9 Å². The summed E-state index contributed by atoms with van der Waals surface area (Å²) in [6.45, 7) is 4.23. The molecule has 1 N–H and O–H groups in total. The lowest BCUT2D eigenvalue weighted by Crippen LogP contribution is -2.53. The summed E-state index contributed by atoms with van der Waals surface area (Å²) < 4.78 is 40.9. The molecule has 1 amide bonds. The number of aliphatic imine (C=N–C) groups is 2. The van der Waals surface area contributed by atoms with Gasteiger partial charge in [-0.3, -0.25) is 9.69 Å². The summed E-state index contributed by atoms with van der Waals surface area (Å²) in [5.41, 5.74) is 0. The maximum atomic E-state index is 13.2. The summed E-state index contributed by atoms with van der Waals surface area (Å²) in [6.07, 6.45) is 0.492. The molecule has 1 saturated heterocycles. The van der Waals surface area contributed by atoms with Crippen LogP contribution in [0, 0.1) is 5.92 Å². The third-order valence-electron chi connectivity index (χ3n) is 6.17. The van der Waals surface area contributed by atoms with Gasteiger partial charge >= 0.3 is 6.18 Å². The van der Waals surface area contributed by atoms with Gasteiger partial charge < -0.3 is 14.8 Å². The van der Waals surface area contributed by atoms with E-state index in [1.165, 1.54) is 4.91 Å². The number of aromatic nitrogens is 3. The molecule has 1 aromatic rings. The van der Waals surface area contributed by atoms with E-state index < -0.39 is 12.0 Å². The number of unbranched alkanes of at least 4 members (excludes halogenated alkanes) is 1. The zero-order chi connectivity index (χ0) is 23.2. The minimum Gasteiger partial charge on any atom is -0.353 e. The fraction of sp³-hybridized carbons (Fsp3) is 0.650. The standard InChI is InChI=1S/C20H25F3N8OS/c1-2-3-4-12-9-13-16(25-19(26-17(13)33-12)30-6-5-24-15(32)11-30)29-7-8-31-14(10-29)27-28-18(31)20(21,22)23/h9,13,16H,2-8,10-11H2,1H3,(H,24,32). The Morgan fingerprint density at radius 1 is 1.21 bits per heavy atom. The largest absolute Gasteiger partial charge is 0.451 e. The highest BCUT2D eigenvalue weighted by Crippen LogP contribution is 2.41. The normalized spacial score (nSPS) is 25.8. The number of halogens is 3. The van der Waals surface area contributed by atoms with Gasteiger partial charge in [-0.1, -0.05) is 31.2 Å². The Balaban J connectivity index is 1.43. The molecule has 1 fully saturated rings. The van der Waals surface area contributed by atoms with Crippen LogP contribution < -0.4 is 5.32 Å². The molecule has 5 heterocycles. The Labute approximate surface area is 193 Å². The molecule has 2 atom stereocenters. The van der Waals surface area contributed by atoms with Crippen molar-refractivity contribution in [1.29, 1.82) is 0 Å². The van der Waals surface area contributed by atoms with E-state index in [4.69, 9.17) is 9.98 Å². The molecule has 0 aromatic carbocycles. The second-order valence-electron chi connectivity index (χ2n) is 8.49. The quantitative estimate of drug-likeness (QED) is 0.707. The highest BCUT2D eigenvalue weighted by molar-refractivity contribution is 8.17. The first-order valence-corrected chi connectivity index (χ1v) is 11.9. The molecule has 2 unspecified atom stereocenters. The van der Waals surface area contributed by atoms with Crippen molar-refractivity contribution >= 4 is 28.7 Å². The number of piperazine rings is 1. The molecule has 0 radical (unpaired) electrons. The van der Waals surface area contributed by atoms with Crippen LogP contribution in [0.3, 0.4) is 0 Å². The first kappa shape index (κ1) is 22.4. The maximum Gasteiger partial charge on any atom is 0.451 e. The topological polar surface area (TPSA) is 91.0 Å². The number of hydrogen-bond donors (Lipinski definition) is 1. The molecular formula is C20H25F3N8OS. The van der Waals surface area contributed by atoms with Crippen LogP contribution in [0.2, 0.25) is 0 Å². The lowest BCUT2D eigenvalue weighted by molar-refractivity contribution is -0.148. The molecule has 178 valence electrons. The lowest BCUT2D eigenvalue weighted by atomic mass is 10.0. The lowest BCUT2D eigenvalue weighted by Gasteiger charge is -2.38. The second kappa shape index (κ2) is 8.75. The minimum atomic E-state index is -4.53. The number of amides is 1. The number of guanidine groups is 1. The molecule has 5 rings (SSSR count). The van der Waals surface area contributed by atoms with Crippen LogP contribution in [0.1, 0.15) is 37.8 Å². The number of carbonyl (C=O) groups is 1. The summed E-state index contributed by atoms with van der Waals surface area (Å²) in [5, 5.41) is 11.0. The van der Waals surface area contributed by atoms with Crippen LogP contribution in [0.25, 0.3) is 0 Å². The van der Waals surface area contributed by atoms with E-state index in [9.17, 15) is 18.0 Å². The molecule has 0 saturated carbocycles. The summed E-state index contributed by atoms with van der Waals surface area (Å²) >= 11 is 1.66. The SMILES string of the molecule is CCCCC1=CC2C(=NC(N3CCNC(=O)C3)=NC2N2CCn3c(nnc3C(F)(F)F)C2)S1. The molecule has 4 aliphatic rings. The molecule has 1 aromatic heterocycles. The van der Waals surface area contributed by atoms with Gasteiger partial charge in [-0.25, -0.2) is 9.98 Å². The van der Waals surface area contributed by atoms with Gasteiger partial charge in [0.25, 0.3) is 0 Å². The van der Waals surface area contributed by atoms with Crippen molar-refractivity contribution in [3.8, 4) is 0 Å². The summed E-state index contributed by atoms with van der Waals surface area (Å²) in [6, 6.07) is 0. The number of carbonyl (C=O) groups excluding carboxylic acids is 1. The molecule has 33 heavy (non-hydrogen) atoms. The number of hydrogen-bond acceptors (Lipinski definition) is 8. The Bertz CT molecular complexity index is 1030. The highest BCUT2D eigenvalue weighted by atomic mass is 32.2. The van der Waals surface area contributed by atoms with Crippen LogP contribution in [0.4, 0.5) is 13.2 Å². The van der Waals surface area contributed by atoms with Crippen molar-refractivity contribution in [2.75, 3.05) is 26.2 Å². The number of nitrogens with one attached hydrogen (secondary N) is 1. The van der Waals surface area contributed by atoms with E-state index in [2.05, 4.69) is 28.5 Å². The third kappa shape index (κ3) is 4.39. The van der Waals surface area contributed by atoms with Gasteiger partial charge in [-0.2, -0.15) is 13.2 Å². The molecule has 9 nitrogen and oxygen atoms in total. The summed E-state index contributed by atoms with van der Waals surface area (Å²) in [7, 11) is 0. The number of allylic oxidation sites excluding steroid dienone is 1. The molecule has 0 spiro atoms. The molecule has 4 aliphatic heterocycles. The third-order valence-corrected chi connectivity index (χ3v) is 7.35. The highest BCUT2D eigenvalue weighted by Gasteiger charge is 2.43. The van der Waals surface area contributed by atoms with E-state index in [-0.39, 0.29) is 43.4 Å². The van der Waals surface area contributed by atoms with Gasteiger partial charge in [0, 0.05) is 26.2 Å². The Morgan fingerprint density at radius 2 is 2.06 bits per heavy atom. The first-order valence-electron chi connectivity index (χ1n) is 11.1. The molecule has 13 heteroatoms. The van der Waals surface area contributed by atoms with Crippen molar-refractivity contribution < 1.29 is 18.0 Å². The van der Waals surface area contributed by atoms with E-state index in [0.29, 0.717) is 25.6 Å². The van der Waals surface area contributed by atoms with Gasteiger partial charge in [-0.15, -0.1) is 10.2 Å². The second-order valence-corrected chi connectivity index (χ2v) is 9.64. The molecule has 0 bridgehead atoms. The van der Waals surface area contributed by atoms with Gasteiger partial charge in [0.15, 0.2) is 0 Å². The maximum absolute atomic E-state index is 13.2. The van der Waals surface area contributed by atoms with E-state index >= 15 is 0 Å².